The van der Waals surface area contributed by atoms with E-state index in [1.54, 1.807) is 0 Å². The van der Waals surface area contributed by atoms with Gasteiger partial charge >= 0.3 is 0 Å². The Bertz CT molecular complexity index is 3450. The van der Waals surface area contributed by atoms with Gasteiger partial charge < -0.3 is 8.98 Å². The summed E-state index contributed by atoms with van der Waals surface area (Å²) in [5.41, 5.74) is 7.52. The molecule has 0 saturated carbocycles. The van der Waals surface area contributed by atoms with Gasteiger partial charge in [0.15, 0.2) is 23.1 Å². The molecule has 0 fully saturated rings. The normalized spacial score (nSPS) is 12.1. The highest BCUT2D eigenvalue weighted by atomic mass is 32.3. The molecule has 0 saturated heterocycles. The molecule has 0 unspecified atom stereocenters. The molecule has 0 aliphatic rings. The highest BCUT2D eigenvalue weighted by Gasteiger charge is 2.34. The molecule has 0 atom stereocenters. The van der Waals surface area contributed by atoms with Gasteiger partial charge in [-0.15, -0.1) is 10.0 Å². The van der Waals surface area contributed by atoms with E-state index in [0.717, 1.165) is 66.1 Å². The van der Waals surface area contributed by atoms with Crippen LogP contribution in [-0.4, -0.2) is 19.5 Å². The molecule has 298 valence electrons. The summed E-state index contributed by atoms with van der Waals surface area (Å²) in [6, 6.07) is 81.7. The third-order valence-electron chi connectivity index (χ3n) is 11.9. The number of benzene rings is 9. The van der Waals surface area contributed by atoms with Crippen molar-refractivity contribution >= 4 is 53.8 Å². The van der Waals surface area contributed by atoms with Gasteiger partial charge in [-0.25, -0.2) is 15.0 Å². The van der Waals surface area contributed by atoms with Gasteiger partial charge in [-0.3, -0.25) is 0 Å². The molecule has 6 heteroatoms. The lowest BCUT2D eigenvalue weighted by Crippen LogP contribution is -2.05. The summed E-state index contributed by atoms with van der Waals surface area (Å²) in [4.78, 5) is 20.3. The quantitative estimate of drug-likeness (QED) is 0.153. The summed E-state index contributed by atoms with van der Waals surface area (Å²) in [5, 5.41) is 4.43. The van der Waals surface area contributed by atoms with Crippen molar-refractivity contribution in [3.05, 3.63) is 231 Å². The average molecular weight is 827 g/mol. The van der Waals surface area contributed by atoms with E-state index in [0.29, 0.717) is 17.5 Å². The summed E-state index contributed by atoms with van der Waals surface area (Å²) in [7, 11) is -1.94. The van der Waals surface area contributed by atoms with Crippen LogP contribution in [0.15, 0.2) is 255 Å². The van der Waals surface area contributed by atoms with Crippen molar-refractivity contribution in [1.82, 2.24) is 19.5 Å². The van der Waals surface area contributed by atoms with Crippen LogP contribution in [0.3, 0.4) is 0 Å². The molecule has 63 heavy (non-hydrogen) atoms. The van der Waals surface area contributed by atoms with Crippen LogP contribution in [0, 0.1) is 0 Å². The van der Waals surface area contributed by atoms with Crippen molar-refractivity contribution in [2.45, 2.75) is 19.6 Å². The molecule has 5 nitrogen and oxygen atoms in total. The van der Waals surface area contributed by atoms with Crippen LogP contribution in [0.25, 0.3) is 83.6 Å². The Hall–Kier alpha value is -8.06. The molecule has 0 aliphatic heterocycles. The average Bonchev–Trinajstić information content (AvgIpc) is 3.92. The Morgan fingerprint density at radius 2 is 0.841 bits per heavy atom. The van der Waals surface area contributed by atoms with Crippen molar-refractivity contribution in [2.24, 2.45) is 0 Å². The maximum Gasteiger partial charge on any atom is 0.164 e. The summed E-state index contributed by atoms with van der Waals surface area (Å²) in [6.45, 7) is 0. The van der Waals surface area contributed by atoms with E-state index in [1.807, 2.05) is 66.7 Å². The maximum absolute atomic E-state index is 6.86. The Labute approximate surface area is 365 Å². The fourth-order valence-electron chi connectivity index (χ4n) is 9.13. The fourth-order valence-corrected chi connectivity index (χ4v) is 13.0. The number of rotatable bonds is 8. The van der Waals surface area contributed by atoms with Crippen LogP contribution >= 0.6 is 10.0 Å². The minimum Gasteiger partial charge on any atom is -0.454 e. The van der Waals surface area contributed by atoms with Gasteiger partial charge in [0.1, 0.15) is 5.58 Å². The molecule has 0 radical (unpaired) electrons. The van der Waals surface area contributed by atoms with Gasteiger partial charge in [-0.2, -0.15) is 0 Å². The molecule has 0 spiro atoms. The van der Waals surface area contributed by atoms with Crippen LogP contribution in [0.1, 0.15) is 0 Å². The van der Waals surface area contributed by atoms with E-state index in [-0.39, 0.29) is 0 Å². The number of furan rings is 1. The van der Waals surface area contributed by atoms with Gasteiger partial charge in [0.2, 0.25) is 0 Å². The highest BCUT2D eigenvalue weighted by molar-refractivity contribution is 8.34. The van der Waals surface area contributed by atoms with Crippen molar-refractivity contribution in [3.63, 3.8) is 0 Å². The minimum atomic E-state index is -1.94. The zero-order valence-electron chi connectivity index (χ0n) is 34.0. The molecule has 3 aromatic heterocycles. The van der Waals surface area contributed by atoms with E-state index < -0.39 is 10.0 Å². The Kier molecular flexibility index (Phi) is 8.83. The summed E-state index contributed by atoms with van der Waals surface area (Å²) >= 11 is 0. The summed E-state index contributed by atoms with van der Waals surface area (Å²) < 4.78 is 9.22. The first kappa shape index (κ1) is 36.8. The van der Waals surface area contributed by atoms with E-state index in [2.05, 4.69) is 168 Å². The van der Waals surface area contributed by atoms with Crippen molar-refractivity contribution < 1.29 is 4.42 Å². The third kappa shape index (κ3) is 6.06. The third-order valence-corrected chi connectivity index (χ3v) is 15.8. The molecular weight excluding hydrogens is 789 g/mol. The SMILES string of the molecule is c1ccc(-c2nc(-c3ccccc3)nc(-c3cccc(-n4c5ccc(S(c6ccccc6)(c6ccccc6)c6ccccc6)cc5c5ccc6c7ccccc7oc6c54)c3)n2)cc1. The molecule has 0 amide bonds. The highest BCUT2D eigenvalue weighted by Crippen LogP contribution is 2.73. The van der Waals surface area contributed by atoms with Gasteiger partial charge in [0, 0.05) is 63.5 Å². The second kappa shape index (κ2) is 15.1. The van der Waals surface area contributed by atoms with Gasteiger partial charge in [0.05, 0.1) is 11.0 Å². The van der Waals surface area contributed by atoms with Crippen LogP contribution in [0.2, 0.25) is 0 Å². The molecule has 0 aliphatic carbocycles. The van der Waals surface area contributed by atoms with Gasteiger partial charge in [-0.05, 0) is 78.9 Å². The number of nitrogens with zero attached hydrogens (tertiary/aromatic N) is 4. The molecule has 3 heterocycles. The molecule has 12 aromatic rings. The fraction of sp³-hybridized carbons (Fsp3) is 0. The number of para-hydroxylation sites is 1. The number of aromatic nitrogens is 4. The van der Waals surface area contributed by atoms with Crippen molar-refractivity contribution in [3.8, 4) is 39.9 Å². The predicted octanol–water partition coefficient (Wildman–Crippen LogP) is 15.2. The van der Waals surface area contributed by atoms with Crippen LogP contribution in [-0.2, 0) is 0 Å². The van der Waals surface area contributed by atoms with E-state index in [4.69, 9.17) is 19.4 Å². The van der Waals surface area contributed by atoms with E-state index in [9.17, 15) is 0 Å². The molecule has 12 rings (SSSR count). The van der Waals surface area contributed by atoms with Crippen molar-refractivity contribution in [2.75, 3.05) is 0 Å². The first-order valence-electron chi connectivity index (χ1n) is 21.1. The van der Waals surface area contributed by atoms with E-state index >= 15 is 0 Å². The molecular formula is C57H38N4OS. The number of fused-ring (bicyclic) bond motifs is 7. The first-order valence-corrected chi connectivity index (χ1v) is 22.7. The monoisotopic (exact) mass is 826 g/mol. The zero-order chi connectivity index (χ0) is 41.7. The number of hydrogen-bond donors (Lipinski definition) is 0. The number of hydrogen-bond acceptors (Lipinski definition) is 4. The van der Waals surface area contributed by atoms with Crippen LogP contribution in [0.5, 0.6) is 0 Å². The van der Waals surface area contributed by atoms with Crippen LogP contribution < -0.4 is 0 Å². The lowest BCUT2D eigenvalue weighted by molar-refractivity contribution is 0.671. The molecule has 0 bridgehead atoms. The minimum absolute atomic E-state index is 0.600. The maximum atomic E-state index is 6.86. The van der Waals surface area contributed by atoms with Gasteiger partial charge in [-0.1, -0.05) is 152 Å². The Balaban J connectivity index is 1.14. The predicted molar refractivity (Wildman–Crippen MR) is 258 cm³/mol. The smallest absolute Gasteiger partial charge is 0.164 e. The Morgan fingerprint density at radius 1 is 0.349 bits per heavy atom. The van der Waals surface area contributed by atoms with Gasteiger partial charge in [0.25, 0.3) is 0 Å². The molecule has 9 aromatic carbocycles. The summed E-state index contributed by atoms with van der Waals surface area (Å²) in [5.74, 6) is 1.85. The lowest BCUT2D eigenvalue weighted by atomic mass is 10.1. The Morgan fingerprint density at radius 3 is 1.43 bits per heavy atom. The topological polar surface area (TPSA) is 56.7 Å². The van der Waals surface area contributed by atoms with Crippen molar-refractivity contribution in [1.29, 1.82) is 0 Å². The second-order valence-corrected chi connectivity index (χ2v) is 18.7. The lowest BCUT2D eigenvalue weighted by Gasteiger charge is -2.42. The summed E-state index contributed by atoms with van der Waals surface area (Å²) in [6.07, 6.45) is 0. The first-order chi connectivity index (χ1) is 31.2. The van der Waals surface area contributed by atoms with E-state index in [1.165, 1.54) is 19.6 Å². The van der Waals surface area contributed by atoms with Crippen LogP contribution in [0.4, 0.5) is 0 Å². The zero-order valence-corrected chi connectivity index (χ0v) is 34.9. The standard InChI is InChI=1S/C57H38N4OS/c1-6-19-39(20-7-1)55-58-56(40-21-8-2-9-22-40)60-57(59-55)41-23-18-24-42(37-41)61-51-36-33-46(38-50(51)48-34-35-49-47-31-16-17-32-52(47)62-54(49)53(48)61)63(43-25-10-3-11-26-43,44-27-12-4-13-28-44)45-29-14-5-15-30-45/h1-38H. The molecule has 0 N–H and O–H groups in total. The largest absolute Gasteiger partial charge is 0.454 e. The second-order valence-electron chi connectivity index (χ2n) is 15.6.